The van der Waals surface area contributed by atoms with E-state index in [9.17, 15) is 19.8 Å². The van der Waals surface area contributed by atoms with Crippen molar-refractivity contribution in [3.8, 4) is 0 Å². The number of rotatable bonds is 5. The second kappa shape index (κ2) is 6.23. The summed E-state index contributed by atoms with van der Waals surface area (Å²) >= 11 is 0. The second-order valence-electron chi connectivity index (χ2n) is 3.70. The van der Waals surface area contributed by atoms with Gasteiger partial charge in [-0.3, -0.25) is 9.78 Å². The van der Waals surface area contributed by atoms with Crippen LogP contribution in [-0.4, -0.2) is 39.7 Å². The van der Waals surface area contributed by atoms with Crippen LogP contribution < -0.4 is 0 Å². The maximum atomic E-state index is 11.3. The van der Waals surface area contributed by atoms with E-state index < -0.39 is 18.2 Å². The number of nitrogens with zero attached hydrogens (tertiary/aromatic N) is 1. The van der Waals surface area contributed by atoms with Gasteiger partial charge in [-0.2, -0.15) is 0 Å². The summed E-state index contributed by atoms with van der Waals surface area (Å²) in [4.78, 5) is 26.2. The van der Waals surface area contributed by atoms with Gasteiger partial charge in [-0.1, -0.05) is 0 Å². The van der Waals surface area contributed by atoms with Crippen LogP contribution in [0.4, 0.5) is 0 Å². The van der Waals surface area contributed by atoms with Crippen molar-refractivity contribution in [3.05, 3.63) is 29.6 Å². The van der Waals surface area contributed by atoms with Gasteiger partial charge >= 0.3 is 5.97 Å². The minimum absolute atomic E-state index is 0.106. The standard InChI is InChI=1S/C12H15NO5/c1-3-18-12(17)11(16)10(15)9-4-8(7(2)14)5-13-6-9/h4-6,10-11,15-16H,3H2,1-2H3. The number of carbonyl (C=O) groups is 2. The summed E-state index contributed by atoms with van der Waals surface area (Å²) in [6.07, 6.45) is -0.556. The highest BCUT2D eigenvalue weighted by molar-refractivity contribution is 5.93. The van der Waals surface area contributed by atoms with Crippen LogP contribution in [-0.2, 0) is 9.53 Å². The molecule has 2 N–H and O–H groups in total. The van der Waals surface area contributed by atoms with Gasteiger partial charge in [0.1, 0.15) is 6.10 Å². The number of pyridine rings is 1. The number of aliphatic hydroxyl groups excluding tert-OH is 2. The lowest BCUT2D eigenvalue weighted by atomic mass is 10.0. The molecule has 0 aliphatic rings. The molecule has 1 rings (SSSR count). The van der Waals surface area contributed by atoms with Crippen LogP contribution in [0.15, 0.2) is 18.5 Å². The molecule has 1 aromatic heterocycles. The van der Waals surface area contributed by atoms with Gasteiger partial charge in [0.2, 0.25) is 0 Å². The van der Waals surface area contributed by atoms with Crippen LogP contribution >= 0.6 is 0 Å². The second-order valence-corrected chi connectivity index (χ2v) is 3.70. The Balaban J connectivity index is 2.89. The molecule has 0 spiro atoms. The molecule has 0 saturated heterocycles. The summed E-state index contributed by atoms with van der Waals surface area (Å²) in [5.74, 6) is -1.14. The van der Waals surface area contributed by atoms with E-state index >= 15 is 0 Å². The van der Waals surface area contributed by atoms with E-state index in [0.29, 0.717) is 5.56 Å². The minimum Gasteiger partial charge on any atom is -0.464 e. The van der Waals surface area contributed by atoms with Crippen molar-refractivity contribution in [1.82, 2.24) is 4.98 Å². The van der Waals surface area contributed by atoms with Gasteiger partial charge in [0, 0.05) is 23.5 Å². The van der Waals surface area contributed by atoms with E-state index in [1.165, 1.54) is 25.4 Å². The van der Waals surface area contributed by atoms with Crippen molar-refractivity contribution in [3.63, 3.8) is 0 Å². The highest BCUT2D eigenvalue weighted by Crippen LogP contribution is 2.18. The Hall–Kier alpha value is -1.79. The lowest BCUT2D eigenvalue weighted by molar-refractivity contribution is -0.159. The van der Waals surface area contributed by atoms with Gasteiger partial charge in [0.15, 0.2) is 11.9 Å². The molecule has 0 bridgehead atoms. The van der Waals surface area contributed by atoms with Crippen molar-refractivity contribution in [1.29, 1.82) is 0 Å². The Morgan fingerprint density at radius 1 is 1.39 bits per heavy atom. The van der Waals surface area contributed by atoms with Crippen LogP contribution in [0.3, 0.4) is 0 Å². The maximum absolute atomic E-state index is 11.3. The summed E-state index contributed by atoms with van der Waals surface area (Å²) in [7, 11) is 0. The predicted octanol–water partition coefficient (Wildman–Crippen LogP) is 0.242. The molecule has 0 fully saturated rings. The van der Waals surface area contributed by atoms with Gasteiger partial charge < -0.3 is 14.9 Å². The molecule has 2 atom stereocenters. The fourth-order valence-corrected chi connectivity index (χ4v) is 1.35. The first kappa shape index (κ1) is 14.3. The van der Waals surface area contributed by atoms with Crippen LogP contribution in [0.1, 0.15) is 35.9 Å². The summed E-state index contributed by atoms with van der Waals surface area (Å²) in [5, 5.41) is 19.4. The number of Topliss-reactive ketones (excluding diaryl/α,β-unsaturated/α-hetero) is 1. The lowest BCUT2D eigenvalue weighted by Gasteiger charge is -2.16. The normalized spacial score (nSPS) is 13.8. The number of esters is 1. The first-order valence-electron chi connectivity index (χ1n) is 5.46. The topological polar surface area (TPSA) is 96.7 Å². The molecule has 0 amide bonds. The number of aromatic nitrogens is 1. The number of hydrogen-bond acceptors (Lipinski definition) is 6. The number of ketones is 1. The van der Waals surface area contributed by atoms with Crippen molar-refractivity contribution >= 4 is 11.8 Å². The first-order chi connectivity index (χ1) is 8.47. The van der Waals surface area contributed by atoms with Gasteiger partial charge in [-0.25, -0.2) is 4.79 Å². The summed E-state index contributed by atoms with van der Waals surface area (Å²) < 4.78 is 4.59. The average molecular weight is 253 g/mol. The highest BCUT2D eigenvalue weighted by atomic mass is 16.5. The van der Waals surface area contributed by atoms with E-state index in [1.807, 2.05) is 0 Å². The molecule has 0 saturated carbocycles. The van der Waals surface area contributed by atoms with Gasteiger partial charge in [0.25, 0.3) is 0 Å². The smallest absolute Gasteiger partial charge is 0.338 e. The Bertz CT molecular complexity index is 446. The van der Waals surface area contributed by atoms with Crippen LogP contribution in [0.25, 0.3) is 0 Å². The molecule has 18 heavy (non-hydrogen) atoms. The fourth-order valence-electron chi connectivity index (χ4n) is 1.35. The average Bonchev–Trinajstić information content (AvgIpc) is 2.37. The third kappa shape index (κ3) is 3.35. The Labute approximate surface area is 104 Å². The molecule has 6 heteroatoms. The number of ether oxygens (including phenoxy) is 1. The van der Waals surface area contributed by atoms with Gasteiger partial charge in [0.05, 0.1) is 6.61 Å². The number of carbonyl (C=O) groups excluding carboxylic acids is 2. The molecule has 98 valence electrons. The first-order valence-corrected chi connectivity index (χ1v) is 5.46. The molecule has 1 aromatic rings. The SMILES string of the molecule is CCOC(=O)C(O)C(O)c1cncc(C(C)=O)c1. The molecule has 0 aliphatic heterocycles. The molecule has 0 aromatic carbocycles. The van der Waals surface area contributed by atoms with Gasteiger partial charge in [-0.15, -0.1) is 0 Å². The zero-order valence-corrected chi connectivity index (χ0v) is 10.2. The van der Waals surface area contributed by atoms with Crippen molar-refractivity contribution in [2.45, 2.75) is 26.1 Å². The molecule has 0 aliphatic carbocycles. The molecule has 6 nitrogen and oxygen atoms in total. The van der Waals surface area contributed by atoms with Crippen molar-refractivity contribution in [2.24, 2.45) is 0 Å². The maximum Gasteiger partial charge on any atom is 0.338 e. The predicted molar refractivity (Wildman–Crippen MR) is 61.8 cm³/mol. The van der Waals surface area contributed by atoms with Crippen molar-refractivity contribution < 1.29 is 24.5 Å². The molecule has 0 radical (unpaired) electrons. The number of hydrogen-bond donors (Lipinski definition) is 2. The quantitative estimate of drug-likeness (QED) is 0.576. The third-order valence-corrected chi connectivity index (χ3v) is 2.33. The minimum atomic E-state index is -1.70. The van der Waals surface area contributed by atoms with Crippen LogP contribution in [0, 0.1) is 0 Å². The van der Waals surface area contributed by atoms with Crippen LogP contribution in [0.2, 0.25) is 0 Å². The lowest BCUT2D eigenvalue weighted by Crippen LogP contribution is -2.30. The molecular formula is C12H15NO5. The zero-order valence-electron chi connectivity index (χ0n) is 10.2. The molecule has 1 heterocycles. The van der Waals surface area contributed by atoms with E-state index in [0.717, 1.165) is 0 Å². The summed E-state index contributed by atoms with van der Waals surface area (Å²) in [6, 6.07) is 1.38. The third-order valence-electron chi connectivity index (χ3n) is 2.33. The summed E-state index contributed by atoms with van der Waals surface area (Å²) in [5.41, 5.74) is 0.478. The van der Waals surface area contributed by atoms with E-state index in [2.05, 4.69) is 9.72 Å². The van der Waals surface area contributed by atoms with Gasteiger partial charge in [-0.05, 0) is 19.9 Å². The Kier molecular flexibility index (Phi) is 4.94. The summed E-state index contributed by atoms with van der Waals surface area (Å²) in [6.45, 7) is 3.05. The monoisotopic (exact) mass is 253 g/mol. The fraction of sp³-hybridized carbons (Fsp3) is 0.417. The number of aliphatic hydroxyl groups is 2. The Morgan fingerprint density at radius 2 is 2.06 bits per heavy atom. The molecule has 2 unspecified atom stereocenters. The highest BCUT2D eigenvalue weighted by Gasteiger charge is 2.27. The van der Waals surface area contributed by atoms with Crippen LogP contribution in [0.5, 0.6) is 0 Å². The zero-order chi connectivity index (χ0) is 13.7. The largest absolute Gasteiger partial charge is 0.464 e. The van der Waals surface area contributed by atoms with Crippen molar-refractivity contribution in [2.75, 3.05) is 6.61 Å². The van der Waals surface area contributed by atoms with E-state index in [1.54, 1.807) is 6.92 Å². The molecular weight excluding hydrogens is 238 g/mol. The Morgan fingerprint density at radius 3 is 2.61 bits per heavy atom. The van der Waals surface area contributed by atoms with E-state index in [-0.39, 0.29) is 18.0 Å². The van der Waals surface area contributed by atoms with E-state index in [4.69, 9.17) is 0 Å².